The zero-order valence-corrected chi connectivity index (χ0v) is 18.3. The van der Waals surface area contributed by atoms with Crippen LogP contribution >= 0.6 is 0 Å². The molecule has 1 N–H and O–H groups in total. The number of nitrogens with zero attached hydrogens (tertiary/aromatic N) is 2. The standard InChI is InChI=1S/C26H23N3O2S/c30-32(31,21-6-2-1-3-7-21)29-13-12-19-14-18(10-11-26(19)29)23-15-25(23)28-17-20-16-27-24-9-5-4-8-22(20)24/h1-11,14,16-17,23,25,27H,12-13,15H2/b28-17-. The number of aliphatic imine (C=N–C) groups is 1. The molecule has 1 aliphatic carbocycles. The van der Waals surface area contributed by atoms with Crippen molar-refractivity contribution in [1.29, 1.82) is 0 Å². The number of anilines is 1. The highest BCUT2D eigenvalue weighted by Gasteiger charge is 2.39. The molecule has 0 amide bonds. The molecular weight excluding hydrogens is 418 g/mol. The molecule has 2 aliphatic rings. The molecule has 6 rings (SSSR count). The third kappa shape index (κ3) is 3.22. The van der Waals surface area contributed by atoms with Crippen LogP contribution in [0.15, 0.2) is 88.9 Å². The van der Waals surface area contributed by atoms with E-state index in [9.17, 15) is 8.42 Å². The highest BCUT2D eigenvalue weighted by molar-refractivity contribution is 7.92. The lowest BCUT2D eigenvalue weighted by Crippen LogP contribution is -2.29. The number of sulfonamides is 1. The van der Waals surface area contributed by atoms with Crippen LogP contribution in [0.5, 0.6) is 0 Å². The zero-order chi connectivity index (χ0) is 21.7. The fourth-order valence-electron chi connectivity index (χ4n) is 4.67. The number of rotatable bonds is 5. The maximum absolute atomic E-state index is 13.1. The summed E-state index contributed by atoms with van der Waals surface area (Å²) >= 11 is 0. The second-order valence-electron chi connectivity index (χ2n) is 8.51. The summed E-state index contributed by atoms with van der Waals surface area (Å²) < 4.78 is 27.7. The summed E-state index contributed by atoms with van der Waals surface area (Å²) in [5.41, 5.74) is 5.39. The van der Waals surface area contributed by atoms with Crippen molar-refractivity contribution in [3.8, 4) is 0 Å². The number of hydrogen-bond donors (Lipinski definition) is 1. The molecule has 32 heavy (non-hydrogen) atoms. The molecule has 0 radical (unpaired) electrons. The van der Waals surface area contributed by atoms with Crippen LogP contribution in [-0.2, 0) is 16.4 Å². The largest absolute Gasteiger partial charge is 0.361 e. The van der Waals surface area contributed by atoms with E-state index in [0.29, 0.717) is 17.4 Å². The topological polar surface area (TPSA) is 65.5 Å². The molecule has 2 unspecified atom stereocenters. The molecule has 0 bridgehead atoms. The van der Waals surface area contributed by atoms with Crippen LogP contribution in [-0.4, -0.2) is 32.2 Å². The zero-order valence-electron chi connectivity index (χ0n) is 17.5. The van der Waals surface area contributed by atoms with Gasteiger partial charge in [-0.15, -0.1) is 0 Å². The van der Waals surface area contributed by atoms with Gasteiger partial charge in [0.05, 0.1) is 16.6 Å². The number of H-pyrrole nitrogens is 1. The Labute approximate surface area is 187 Å². The summed E-state index contributed by atoms with van der Waals surface area (Å²) in [5, 5.41) is 1.19. The summed E-state index contributed by atoms with van der Waals surface area (Å²) in [6.45, 7) is 0.489. The smallest absolute Gasteiger partial charge is 0.264 e. The van der Waals surface area contributed by atoms with E-state index in [1.807, 2.05) is 36.7 Å². The van der Waals surface area contributed by atoms with Gasteiger partial charge in [-0.05, 0) is 48.2 Å². The molecule has 5 nitrogen and oxygen atoms in total. The van der Waals surface area contributed by atoms with Gasteiger partial charge in [0.2, 0.25) is 0 Å². The second kappa shape index (κ2) is 7.35. The Morgan fingerprint density at radius 3 is 2.69 bits per heavy atom. The molecule has 1 aromatic heterocycles. The molecule has 6 heteroatoms. The van der Waals surface area contributed by atoms with Crippen molar-refractivity contribution in [2.45, 2.75) is 29.7 Å². The molecule has 1 aliphatic heterocycles. The van der Waals surface area contributed by atoms with E-state index in [1.54, 1.807) is 28.6 Å². The van der Waals surface area contributed by atoms with Crippen molar-refractivity contribution in [2.75, 3.05) is 10.8 Å². The molecule has 3 aromatic carbocycles. The molecule has 0 saturated heterocycles. The summed E-state index contributed by atoms with van der Waals surface area (Å²) in [4.78, 5) is 8.45. The Morgan fingerprint density at radius 1 is 1.00 bits per heavy atom. The molecule has 1 saturated carbocycles. The fourth-order valence-corrected chi connectivity index (χ4v) is 6.20. The molecule has 160 valence electrons. The van der Waals surface area contributed by atoms with E-state index in [4.69, 9.17) is 4.99 Å². The van der Waals surface area contributed by atoms with Crippen molar-refractivity contribution in [1.82, 2.24) is 4.98 Å². The number of hydrogen-bond acceptors (Lipinski definition) is 3. The first kappa shape index (κ1) is 19.3. The number of aromatic amines is 1. The Hall–Kier alpha value is -3.38. The number of aromatic nitrogens is 1. The van der Waals surface area contributed by atoms with Crippen LogP contribution < -0.4 is 4.31 Å². The highest BCUT2D eigenvalue weighted by Crippen LogP contribution is 2.45. The maximum atomic E-state index is 13.1. The molecular formula is C26H23N3O2S. The van der Waals surface area contributed by atoms with Crippen LogP contribution in [0.3, 0.4) is 0 Å². The number of fused-ring (bicyclic) bond motifs is 2. The van der Waals surface area contributed by atoms with E-state index in [1.165, 1.54) is 10.9 Å². The lowest BCUT2D eigenvalue weighted by Gasteiger charge is -2.19. The first-order valence-electron chi connectivity index (χ1n) is 10.9. The highest BCUT2D eigenvalue weighted by atomic mass is 32.2. The van der Waals surface area contributed by atoms with E-state index in [2.05, 4.69) is 29.2 Å². The Bertz CT molecular complexity index is 1440. The molecule has 1 fully saturated rings. The number of benzene rings is 3. The van der Waals surface area contributed by atoms with Crippen molar-refractivity contribution in [2.24, 2.45) is 4.99 Å². The summed E-state index contributed by atoms with van der Waals surface area (Å²) in [5.74, 6) is 0.404. The van der Waals surface area contributed by atoms with Crippen molar-refractivity contribution in [3.05, 3.63) is 95.7 Å². The lowest BCUT2D eigenvalue weighted by atomic mass is 10.0. The lowest BCUT2D eigenvalue weighted by molar-refractivity contribution is 0.592. The van der Waals surface area contributed by atoms with Gasteiger partial charge in [-0.25, -0.2) is 8.42 Å². The van der Waals surface area contributed by atoms with E-state index in [0.717, 1.165) is 35.2 Å². The minimum atomic E-state index is -3.53. The Morgan fingerprint density at radius 2 is 1.81 bits per heavy atom. The minimum Gasteiger partial charge on any atom is -0.361 e. The SMILES string of the molecule is O=S(=O)(c1ccccc1)N1CCc2cc(C3CC3/N=C\c3c[nH]c4ccccc34)ccc21. The summed E-state index contributed by atoms with van der Waals surface area (Å²) in [7, 11) is -3.53. The predicted octanol–water partition coefficient (Wildman–Crippen LogP) is 4.89. The van der Waals surface area contributed by atoms with Crippen LogP contribution in [0.25, 0.3) is 10.9 Å². The normalized spacial score (nSPS) is 20.2. The number of para-hydroxylation sites is 1. The second-order valence-corrected chi connectivity index (χ2v) is 10.4. The molecule has 2 heterocycles. The average molecular weight is 442 g/mol. The third-order valence-electron chi connectivity index (χ3n) is 6.50. The first-order chi connectivity index (χ1) is 15.6. The Balaban J connectivity index is 1.20. The van der Waals surface area contributed by atoms with Gasteiger partial charge in [0.15, 0.2) is 0 Å². The van der Waals surface area contributed by atoms with Crippen LogP contribution in [0.2, 0.25) is 0 Å². The fraction of sp³-hybridized carbons (Fsp3) is 0.192. The number of nitrogens with one attached hydrogen (secondary N) is 1. The van der Waals surface area contributed by atoms with Gasteiger partial charge in [-0.1, -0.05) is 48.5 Å². The molecule has 2 atom stereocenters. The van der Waals surface area contributed by atoms with Gasteiger partial charge in [-0.3, -0.25) is 9.30 Å². The quantitative estimate of drug-likeness (QED) is 0.448. The third-order valence-corrected chi connectivity index (χ3v) is 8.33. The van der Waals surface area contributed by atoms with Crippen molar-refractivity contribution >= 4 is 32.8 Å². The van der Waals surface area contributed by atoms with Crippen molar-refractivity contribution in [3.63, 3.8) is 0 Å². The monoisotopic (exact) mass is 441 g/mol. The van der Waals surface area contributed by atoms with Crippen LogP contribution in [0, 0.1) is 0 Å². The van der Waals surface area contributed by atoms with Gasteiger partial charge in [0, 0.05) is 41.3 Å². The van der Waals surface area contributed by atoms with Crippen LogP contribution in [0.1, 0.15) is 29.0 Å². The van der Waals surface area contributed by atoms with Crippen LogP contribution in [0.4, 0.5) is 5.69 Å². The first-order valence-corrected chi connectivity index (χ1v) is 12.4. The maximum Gasteiger partial charge on any atom is 0.264 e. The summed E-state index contributed by atoms with van der Waals surface area (Å²) in [6, 6.07) is 23.4. The van der Waals surface area contributed by atoms with E-state index < -0.39 is 10.0 Å². The molecule has 4 aromatic rings. The van der Waals surface area contributed by atoms with E-state index >= 15 is 0 Å². The van der Waals surface area contributed by atoms with Gasteiger partial charge in [0.25, 0.3) is 10.0 Å². The summed E-state index contributed by atoms with van der Waals surface area (Å²) in [6.07, 6.45) is 5.75. The van der Waals surface area contributed by atoms with E-state index in [-0.39, 0.29) is 6.04 Å². The van der Waals surface area contributed by atoms with Gasteiger partial charge in [0.1, 0.15) is 0 Å². The predicted molar refractivity (Wildman–Crippen MR) is 128 cm³/mol. The molecule has 0 spiro atoms. The van der Waals surface area contributed by atoms with Crippen molar-refractivity contribution < 1.29 is 8.42 Å². The van der Waals surface area contributed by atoms with Gasteiger partial charge >= 0.3 is 0 Å². The van der Waals surface area contributed by atoms with Gasteiger partial charge < -0.3 is 4.98 Å². The average Bonchev–Trinajstić information content (AvgIpc) is 3.28. The minimum absolute atomic E-state index is 0.285. The van der Waals surface area contributed by atoms with Gasteiger partial charge in [-0.2, -0.15) is 0 Å². The Kier molecular flexibility index (Phi) is 4.43.